The van der Waals surface area contributed by atoms with E-state index in [1.54, 1.807) is 0 Å². The molecule has 2 fully saturated rings. The third kappa shape index (κ3) is 2.69. The van der Waals surface area contributed by atoms with Crippen molar-refractivity contribution in [3.63, 3.8) is 0 Å². The number of fused-ring (bicyclic) bond motifs is 1. The lowest BCUT2D eigenvalue weighted by molar-refractivity contribution is 0.0696. The van der Waals surface area contributed by atoms with Crippen molar-refractivity contribution >= 4 is 22.9 Å². The van der Waals surface area contributed by atoms with Gasteiger partial charge >= 0.3 is 0 Å². The van der Waals surface area contributed by atoms with Crippen LogP contribution in [-0.4, -0.2) is 39.3 Å². The van der Waals surface area contributed by atoms with Gasteiger partial charge < -0.3 is 9.30 Å². The van der Waals surface area contributed by atoms with E-state index in [1.807, 2.05) is 12.3 Å². The Labute approximate surface area is 129 Å². The minimum absolute atomic E-state index is 0.503. The second-order valence-electron chi connectivity index (χ2n) is 6.02. The van der Waals surface area contributed by atoms with E-state index in [9.17, 15) is 0 Å². The van der Waals surface area contributed by atoms with E-state index < -0.39 is 0 Å². The van der Waals surface area contributed by atoms with Crippen molar-refractivity contribution in [2.75, 3.05) is 24.7 Å². The van der Waals surface area contributed by atoms with E-state index in [4.69, 9.17) is 9.72 Å². The first-order valence-corrected chi connectivity index (χ1v) is 9.04. The smallest absolute Gasteiger partial charge is 0.160 e. The molecule has 0 amide bonds. The molecule has 112 valence electrons. The summed E-state index contributed by atoms with van der Waals surface area (Å²) in [6.07, 6.45) is 6.47. The summed E-state index contributed by atoms with van der Waals surface area (Å²) >= 11 is 2.08. The zero-order chi connectivity index (χ0) is 14.1. The molecule has 0 radical (unpaired) electrons. The number of pyridine rings is 1. The van der Waals surface area contributed by atoms with Crippen molar-refractivity contribution < 1.29 is 4.74 Å². The van der Waals surface area contributed by atoms with Gasteiger partial charge in [0.1, 0.15) is 11.3 Å². The molecule has 0 saturated carbocycles. The zero-order valence-electron chi connectivity index (χ0n) is 12.2. The van der Waals surface area contributed by atoms with Crippen LogP contribution in [0.1, 0.15) is 31.1 Å². The summed E-state index contributed by atoms with van der Waals surface area (Å²) in [6.45, 7) is 1.71. The van der Waals surface area contributed by atoms with E-state index in [-0.39, 0.29) is 0 Å². The monoisotopic (exact) mass is 303 g/mol. The van der Waals surface area contributed by atoms with Gasteiger partial charge in [-0.2, -0.15) is 11.8 Å². The fraction of sp³-hybridized carbons (Fsp3) is 0.625. The molecular weight excluding hydrogens is 282 g/mol. The van der Waals surface area contributed by atoms with Gasteiger partial charge in [-0.05, 0) is 48.8 Å². The Hall–Kier alpha value is -1.07. The van der Waals surface area contributed by atoms with E-state index in [0.29, 0.717) is 6.04 Å². The van der Waals surface area contributed by atoms with Crippen LogP contribution in [0.15, 0.2) is 18.3 Å². The molecule has 5 heteroatoms. The highest BCUT2D eigenvalue weighted by Crippen LogP contribution is 2.31. The minimum atomic E-state index is 0.503. The predicted octanol–water partition coefficient (Wildman–Crippen LogP) is 3.08. The number of imidazole rings is 1. The van der Waals surface area contributed by atoms with Crippen molar-refractivity contribution in [3.8, 4) is 0 Å². The molecule has 4 nitrogen and oxygen atoms in total. The van der Waals surface area contributed by atoms with Gasteiger partial charge in [0.2, 0.25) is 0 Å². The SMILES string of the molecule is c1cnc2c(c1)nc(CC1CCSC1)n2C1CCOCC1. The molecule has 0 aromatic carbocycles. The summed E-state index contributed by atoms with van der Waals surface area (Å²) in [6, 6.07) is 4.58. The predicted molar refractivity (Wildman–Crippen MR) is 85.8 cm³/mol. The van der Waals surface area contributed by atoms with Crippen LogP contribution in [-0.2, 0) is 11.2 Å². The molecule has 4 rings (SSSR count). The summed E-state index contributed by atoms with van der Waals surface area (Å²) in [5.41, 5.74) is 2.11. The first-order chi connectivity index (χ1) is 10.4. The van der Waals surface area contributed by atoms with Crippen molar-refractivity contribution in [1.29, 1.82) is 0 Å². The van der Waals surface area contributed by atoms with Gasteiger partial charge in [0.05, 0.1) is 0 Å². The fourth-order valence-electron chi connectivity index (χ4n) is 3.45. The Kier molecular flexibility index (Phi) is 3.86. The van der Waals surface area contributed by atoms with Gasteiger partial charge in [-0.25, -0.2) is 9.97 Å². The molecule has 2 aliphatic rings. The number of hydrogen-bond acceptors (Lipinski definition) is 4. The Balaban J connectivity index is 1.72. The van der Waals surface area contributed by atoms with Gasteiger partial charge in [0, 0.05) is 31.9 Å². The largest absolute Gasteiger partial charge is 0.381 e. The topological polar surface area (TPSA) is 39.9 Å². The maximum absolute atomic E-state index is 5.53. The Morgan fingerprint density at radius 3 is 3.00 bits per heavy atom. The van der Waals surface area contributed by atoms with Gasteiger partial charge in [-0.15, -0.1) is 0 Å². The average Bonchev–Trinajstić information content (AvgIpc) is 3.15. The molecule has 0 aliphatic carbocycles. The van der Waals surface area contributed by atoms with Crippen LogP contribution < -0.4 is 0 Å². The summed E-state index contributed by atoms with van der Waals surface area (Å²) in [5.74, 6) is 4.61. The molecule has 2 aromatic heterocycles. The summed E-state index contributed by atoms with van der Waals surface area (Å²) in [5, 5.41) is 0. The number of ether oxygens (including phenoxy) is 1. The summed E-state index contributed by atoms with van der Waals surface area (Å²) in [7, 11) is 0. The maximum Gasteiger partial charge on any atom is 0.160 e. The standard InChI is InChI=1S/C16H21N3OS/c1-2-14-16(17-6-1)19(13-3-7-20-8-4-13)15(18-14)10-12-5-9-21-11-12/h1-2,6,12-13H,3-5,7-11H2. The van der Waals surface area contributed by atoms with Crippen LogP contribution in [0.3, 0.4) is 0 Å². The molecule has 2 aromatic rings. The molecule has 1 unspecified atom stereocenters. The molecule has 0 spiro atoms. The first kappa shape index (κ1) is 13.6. The van der Waals surface area contributed by atoms with Crippen molar-refractivity contribution in [2.45, 2.75) is 31.7 Å². The lowest BCUT2D eigenvalue weighted by atomic mass is 10.0. The molecule has 0 bridgehead atoms. The second kappa shape index (κ2) is 5.97. The lowest BCUT2D eigenvalue weighted by Gasteiger charge is -2.25. The average molecular weight is 303 g/mol. The summed E-state index contributed by atoms with van der Waals surface area (Å²) < 4.78 is 7.94. The molecule has 0 N–H and O–H groups in total. The van der Waals surface area contributed by atoms with E-state index in [1.165, 1.54) is 23.8 Å². The normalized spacial score (nSPS) is 23.9. The highest BCUT2D eigenvalue weighted by atomic mass is 32.2. The lowest BCUT2D eigenvalue weighted by Crippen LogP contribution is -2.22. The van der Waals surface area contributed by atoms with Crippen LogP contribution >= 0.6 is 11.8 Å². The van der Waals surface area contributed by atoms with Crippen LogP contribution in [0, 0.1) is 5.92 Å². The molecule has 2 saturated heterocycles. The Bertz CT molecular complexity index is 615. The zero-order valence-corrected chi connectivity index (χ0v) is 13.0. The molecular formula is C16H21N3OS. The number of thioether (sulfide) groups is 1. The first-order valence-electron chi connectivity index (χ1n) is 7.89. The maximum atomic E-state index is 5.53. The third-order valence-electron chi connectivity index (χ3n) is 4.57. The highest BCUT2D eigenvalue weighted by molar-refractivity contribution is 7.99. The van der Waals surface area contributed by atoms with E-state index >= 15 is 0 Å². The van der Waals surface area contributed by atoms with Crippen LogP contribution in [0.2, 0.25) is 0 Å². The van der Waals surface area contributed by atoms with Crippen molar-refractivity contribution in [2.24, 2.45) is 5.92 Å². The van der Waals surface area contributed by atoms with Crippen LogP contribution in [0.5, 0.6) is 0 Å². The van der Waals surface area contributed by atoms with E-state index in [0.717, 1.165) is 49.6 Å². The highest BCUT2D eigenvalue weighted by Gasteiger charge is 2.25. The Morgan fingerprint density at radius 2 is 2.19 bits per heavy atom. The second-order valence-corrected chi connectivity index (χ2v) is 7.17. The number of aromatic nitrogens is 3. The number of rotatable bonds is 3. The van der Waals surface area contributed by atoms with Gasteiger partial charge in [0.25, 0.3) is 0 Å². The van der Waals surface area contributed by atoms with Crippen molar-refractivity contribution in [1.82, 2.24) is 14.5 Å². The van der Waals surface area contributed by atoms with Crippen LogP contribution in [0.25, 0.3) is 11.2 Å². The number of nitrogens with zero attached hydrogens (tertiary/aromatic N) is 3. The molecule has 4 heterocycles. The van der Waals surface area contributed by atoms with Gasteiger partial charge in [-0.1, -0.05) is 0 Å². The van der Waals surface area contributed by atoms with E-state index in [2.05, 4.69) is 27.4 Å². The minimum Gasteiger partial charge on any atom is -0.381 e. The number of hydrogen-bond donors (Lipinski definition) is 0. The summed E-state index contributed by atoms with van der Waals surface area (Å²) in [4.78, 5) is 9.51. The fourth-order valence-corrected chi connectivity index (χ4v) is 4.73. The molecule has 1 atom stereocenters. The third-order valence-corrected chi connectivity index (χ3v) is 5.80. The van der Waals surface area contributed by atoms with Crippen LogP contribution in [0.4, 0.5) is 0 Å². The quantitative estimate of drug-likeness (QED) is 0.873. The Morgan fingerprint density at radius 1 is 1.29 bits per heavy atom. The van der Waals surface area contributed by atoms with Gasteiger partial charge in [0.15, 0.2) is 5.65 Å². The van der Waals surface area contributed by atoms with Crippen molar-refractivity contribution in [3.05, 3.63) is 24.2 Å². The van der Waals surface area contributed by atoms with Gasteiger partial charge in [-0.3, -0.25) is 0 Å². The molecule has 21 heavy (non-hydrogen) atoms. The molecule has 2 aliphatic heterocycles.